The lowest BCUT2D eigenvalue weighted by Crippen LogP contribution is -2.27. The largest absolute Gasteiger partial charge is 0.350 e. The summed E-state index contributed by atoms with van der Waals surface area (Å²) in [4.78, 5) is 7.99. The minimum atomic E-state index is -0.0892. The van der Waals surface area contributed by atoms with Gasteiger partial charge < -0.3 is 5.32 Å². The second-order valence-corrected chi connectivity index (χ2v) is 3.75. The van der Waals surface area contributed by atoms with Crippen LogP contribution in [0.1, 0.15) is 26.5 Å². The highest BCUT2D eigenvalue weighted by molar-refractivity contribution is 5.32. The molecular formula is C9H12N4. The molecule has 1 rings (SSSR count). The molecule has 0 amide bonds. The summed E-state index contributed by atoms with van der Waals surface area (Å²) < 4.78 is 0. The van der Waals surface area contributed by atoms with Gasteiger partial charge in [-0.2, -0.15) is 5.26 Å². The number of nitriles is 1. The first-order chi connectivity index (χ1) is 6.01. The Morgan fingerprint density at radius 2 is 2.15 bits per heavy atom. The van der Waals surface area contributed by atoms with Gasteiger partial charge in [0, 0.05) is 11.7 Å². The molecule has 1 heterocycles. The number of hydrogen-bond donors (Lipinski definition) is 1. The summed E-state index contributed by atoms with van der Waals surface area (Å²) in [5, 5.41) is 11.7. The number of nitrogens with zero attached hydrogens (tertiary/aromatic N) is 3. The van der Waals surface area contributed by atoms with Gasteiger partial charge in [-0.3, -0.25) is 0 Å². The van der Waals surface area contributed by atoms with Crippen molar-refractivity contribution in [3.63, 3.8) is 0 Å². The molecule has 1 aromatic heterocycles. The Labute approximate surface area is 77.6 Å². The molecule has 0 radical (unpaired) electrons. The van der Waals surface area contributed by atoms with Gasteiger partial charge in [0.15, 0.2) is 0 Å². The third kappa shape index (κ3) is 3.08. The van der Waals surface area contributed by atoms with E-state index in [9.17, 15) is 0 Å². The van der Waals surface area contributed by atoms with Crippen LogP contribution < -0.4 is 5.32 Å². The molecule has 13 heavy (non-hydrogen) atoms. The Bertz CT molecular complexity index is 332. The average molecular weight is 176 g/mol. The number of nitrogens with one attached hydrogen (secondary N) is 1. The van der Waals surface area contributed by atoms with E-state index in [1.807, 2.05) is 26.8 Å². The van der Waals surface area contributed by atoms with Gasteiger partial charge >= 0.3 is 0 Å². The van der Waals surface area contributed by atoms with Crippen LogP contribution in [0.15, 0.2) is 12.3 Å². The van der Waals surface area contributed by atoms with Crippen molar-refractivity contribution in [2.45, 2.75) is 26.3 Å². The number of hydrogen-bond acceptors (Lipinski definition) is 4. The number of rotatable bonds is 1. The van der Waals surface area contributed by atoms with Crippen molar-refractivity contribution in [2.75, 3.05) is 5.32 Å². The Morgan fingerprint density at radius 1 is 1.46 bits per heavy atom. The first-order valence-corrected chi connectivity index (χ1v) is 4.02. The maximum Gasteiger partial charge on any atom is 0.224 e. The smallest absolute Gasteiger partial charge is 0.224 e. The van der Waals surface area contributed by atoms with Crippen molar-refractivity contribution < 1.29 is 0 Å². The predicted molar refractivity (Wildman–Crippen MR) is 50.1 cm³/mol. The molecule has 1 N–H and O–H groups in total. The molecule has 0 aliphatic heterocycles. The van der Waals surface area contributed by atoms with Crippen LogP contribution in [0.2, 0.25) is 0 Å². The zero-order valence-corrected chi connectivity index (χ0v) is 8.00. The molecule has 1 aromatic rings. The second-order valence-electron chi connectivity index (χ2n) is 3.75. The van der Waals surface area contributed by atoms with E-state index < -0.39 is 0 Å². The van der Waals surface area contributed by atoms with Gasteiger partial charge in [0.05, 0.1) is 0 Å². The van der Waals surface area contributed by atoms with E-state index in [1.165, 1.54) is 0 Å². The lowest BCUT2D eigenvalue weighted by molar-refractivity contribution is 0.625. The summed E-state index contributed by atoms with van der Waals surface area (Å²) in [6.45, 7) is 6.03. The van der Waals surface area contributed by atoms with Crippen LogP contribution >= 0.6 is 0 Å². The van der Waals surface area contributed by atoms with Crippen molar-refractivity contribution in [1.29, 1.82) is 5.26 Å². The summed E-state index contributed by atoms with van der Waals surface area (Å²) in [6.07, 6.45) is 1.57. The molecule has 0 bridgehead atoms. The average Bonchev–Trinajstić information content (AvgIpc) is 2.01. The van der Waals surface area contributed by atoms with E-state index in [2.05, 4.69) is 15.3 Å². The number of anilines is 1. The molecule has 0 fully saturated rings. The first kappa shape index (κ1) is 9.46. The van der Waals surface area contributed by atoms with Gasteiger partial charge in [-0.15, -0.1) is 0 Å². The molecule has 0 atom stereocenters. The van der Waals surface area contributed by atoms with Crippen LogP contribution in [0, 0.1) is 11.3 Å². The van der Waals surface area contributed by atoms with Gasteiger partial charge in [-0.05, 0) is 26.8 Å². The van der Waals surface area contributed by atoms with Crippen molar-refractivity contribution in [1.82, 2.24) is 9.97 Å². The summed E-state index contributed by atoms with van der Waals surface area (Å²) in [6, 6.07) is 3.54. The fourth-order valence-corrected chi connectivity index (χ4v) is 0.817. The summed E-state index contributed by atoms with van der Waals surface area (Å²) in [5.41, 5.74) is 0.287. The monoisotopic (exact) mass is 176 g/mol. The molecule has 0 unspecified atom stereocenters. The van der Waals surface area contributed by atoms with Crippen molar-refractivity contribution in [2.24, 2.45) is 0 Å². The highest BCUT2D eigenvalue weighted by Gasteiger charge is 2.10. The Hall–Kier alpha value is -1.63. The standard InChI is InChI=1S/C9H12N4/c1-9(2,3)13-8-11-5-4-7(6-10)12-8/h4-5H,1-3H3,(H,11,12,13). The van der Waals surface area contributed by atoms with Crippen LogP contribution in [-0.4, -0.2) is 15.5 Å². The Kier molecular flexibility index (Phi) is 2.47. The van der Waals surface area contributed by atoms with Crippen LogP contribution in [0.25, 0.3) is 0 Å². The van der Waals surface area contributed by atoms with Crippen molar-refractivity contribution >= 4 is 5.95 Å². The van der Waals surface area contributed by atoms with Gasteiger partial charge in [0.1, 0.15) is 11.8 Å². The van der Waals surface area contributed by atoms with E-state index in [4.69, 9.17) is 5.26 Å². The van der Waals surface area contributed by atoms with E-state index in [0.717, 1.165) is 0 Å². The topological polar surface area (TPSA) is 61.6 Å². The molecule has 4 heteroatoms. The lowest BCUT2D eigenvalue weighted by atomic mass is 10.1. The third-order valence-corrected chi connectivity index (χ3v) is 1.26. The molecule has 0 aromatic carbocycles. The van der Waals surface area contributed by atoms with Crippen LogP contribution in [-0.2, 0) is 0 Å². The summed E-state index contributed by atoms with van der Waals surface area (Å²) >= 11 is 0. The van der Waals surface area contributed by atoms with E-state index in [0.29, 0.717) is 11.6 Å². The molecule has 0 saturated carbocycles. The molecule has 4 nitrogen and oxygen atoms in total. The predicted octanol–water partition coefficient (Wildman–Crippen LogP) is 1.56. The zero-order valence-electron chi connectivity index (χ0n) is 8.00. The molecule has 0 aliphatic rings. The zero-order chi connectivity index (χ0) is 9.90. The number of aromatic nitrogens is 2. The maximum atomic E-state index is 8.59. The summed E-state index contributed by atoms with van der Waals surface area (Å²) in [7, 11) is 0. The third-order valence-electron chi connectivity index (χ3n) is 1.26. The molecule has 68 valence electrons. The van der Waals surface area contributed by atoms with Gasteiger partial charge in [-0.25, -0.2) is 9.97 Å². The highest BCUT2D eigenvalue weighted by atomic mass is 15.1. The fourth-order valence-electron chi connectivity index (χ4n) is 0.817. The Morgan fingerprint density at radius 3 is 2.69 bits per heavy atom. The Balaban J connectivity index is 2.86. The van der Waals surface area contributed by atoms with Crippen molar-refractivity contribution in [3.05, 3.63) is 18.0 Å². The fraction of sp³-hybridized carbons (Fsp3) is 0.444. The normalized spacial score (nSPS) is 10.6. The van der Waals surface area contributed by atoms with E-state index in [1.54, 1.807) is 12.3 Å². The quantitative estimate of drug-likeness (QED) is 0.705. The van der Waals surface area contributed by atoms with Crippen LogP contribution in [0.4, 0.5) is 5.95 Å². The van der Waals surface area contributed by atoms with Crippen LogP contribution in [0.5, 0.6) is 0 Å². The second kappa shape index (κ2) is 3.40. The lowest BCUT2D eigenvalue weighted by Gasteiger charge is -2.19. The van der Waals surface area contributed by atoms with Gasteiger partial charge in [-0.1, -0.05) is 0 Å². The minimum absolute atomic E-state index is 0.0892. The van der Waals surface area contributed by atoms with Gasteiger partial charge in [0.2, 0.25) is 5.95 Å². The minimum Gasteiger partial charge on any atom is -0.350 e. The molecule has 0 aliphatic carbocycles. The van der Waals surface area contributed by atoms with Crippen molar-refractivity contribution in [3.8, 4) is 6.07 Å². The van der Waals surface area contributed by atoms with E-state index in [-0.39, 0.29) is 5.54 Å². The highest BCUT2D eigenvalue weighted by Crippen LogP contribution is 2.08. The first-order valence-electron chi connectivity index (χ1n) is 4.02. The summed E-state index contributed by atoms with van der Waals surface area (Å²) in [5.74, 6) is 0.492. The molecule has 0 spiro atoms. The van der Waals surface area contributed by atoms with Gasteiger partial charge in [0.25, 0.3) is 0 Å². The maximum absolute atomic E-state index is 8.59. The molecule has 0 saturated heterocycles. The molecular weight excluding hydrogens is 164 g/mol. The van der Waals surface area contributed by atoms with E-state index >= 15 is 0 Å². The van der Waals surface area contributed by atoms with Crippen LogP contribution in [0.3, 0.4) is 0 Å². The SMILES string of the molecule is CC(C)(C)Nc1nccc(C#N)n1.